The van der Waals surface area contributed by atoms with Gasteiger partial charge in [0, 0.05) is 15.6 Å². The Morgan fingerprint density at radius 2 is 1.93 bits per heavy atom. The van der Waals surface area contributed by atoms with Crippen LogP contribution in [0.1, 0.15) is 35.1 Å². The van der Waals surface area contributed by atoms with Crippen LogP contribution in [0.25, 0.3) is 28.5 Å². The molecule has 140 valence electrons. The highest BCUT2D eigenvalue weighted by atomic mass is 79.9. The number of fused-ring (bicyclic) bond motifs is 1. The molecular formula is C23H15BrN4O. The summed E-state index contributed by atoms with van der Waals surface area (Å²) in [7, 11) is 0. The van der Waals surface area contributed by atoms with Gasteiger partial charge in [-0.05, 0) is 60.9 Å². The molecule has 0 unspecified atom stereocenters. The summed E-state index contributed by atoms with van der Waals surface area (Å²) in [5, 5.41) is 19.1. The molecule has 4 rings (SSSR count). The maximum absolute atomic E-state index is 9.65. The molecule has 0 amide bonds. The molecule has 0 aliphatic heterocycles. The topological polar surface area (TPSA) is 99.6 Å². The van der Waals surface area contributed by atoms with Crippen molar-refractivity contribution >= 4 is 39.0 Å². The van der Waals surface area contributed by atoms with Crippen molar-refractivity contribution in [2.75, 3.05) is 5.73 Å². The largest absolute Gasteiger partial charge is 0.457 e. The van der Waals surface area contributed by atoms with Gasteiger partial charge in [0.25, 0.3) is 0 Å². The standard InChI is InChI=1S/C23H15BrN4O/c1-12-17(9-16-6-7-20(29-16)14-4-3-5-15(24)8-14)21-13(2)19(11-26)23(27)28-22(21)18(12)10-25/h3-9H,1-2H3,(H2,27,28). The Bertz CT molecular complexity index is 1320. The number of rotatable bonds is 2. The first-order valence-electron chi connectivity index (χ1n) is 8.84. The Labute approximate surface area is 176 Å². The van der Waals surface area contributed by atoms with E-state index in [1.165, 1.54) is 0 Å². The number of halogens is 1. The normalized spacial score (nSPS) is 14.0. The zero-order valence-corrected chi connectivity index (χ0v) is 17.3. The third-order valence-electron chi connectivity index (χ3n) is 5.01. The molecule has 2 heterocycles. The molecule has 0 saturated heterocycles. The fourth-order valence-corrected chi connectivity index (χ4v) is 3.96. The third kappa shape index (κ3) is 3.04. The van der Waals surface area contributed by atoms with Crippen LogP contribution in [0.4, 0.5) is 5.82 Å². The predicted octanol–water partition coefficient (Wildman–Crippen LogP) is 5.72. The van der Waals surface area contributed by atoms with Crippen LogP contribution in [0, 0.1) is 29.6 Å². The predicted molar refractivity (Wildman–Crippen MR) is 116 cm³/mol. The van der Waals surface area contributed by atoms with Crippen LogP contribution >= 0.6 is 15.9 Å². The number of hydrogen-bond acceptors (Lipinski definition) is 5. The number of benzene rings is 1. The van der Waals surface area contributed by atoms with Crippen molar-refractivity contribution in [2.45, 2.75) is 13.8 Å². The van der Waals surface area contributed by atoms with Crippen molar-refractivity contribution in [3.05, 3.63) is 74.6 Å². The van der Waals surface area contributed by atoms with Crippen LogP contribution < -0.4 is 5.73 Å². The molecule has 1 aliphatic carbocycles. The Hall–Kier alpha value is -3.61. The lowest BCUT2D eigenvalue weighted by atomic mass is 9.96. The monoisotopic (exact) mass is 442 g/mol. The van der Waals surface area contributed by atoms with Gasteiger partial charge in [0.2, 0.25) is 0 Å². The zero-order valence-electron chi connectivity index (χ0n) is 15.7. The summed E-state index contributed by atoms with van der Waals surface area (Å²) < 4.78 is 7.00. The van der Waals surface area contributed by atoms with Gasteiger partial charge < -0.3 is 10.2 Å². The molecule has 2 N–H and O–H groups in total. The minimum absolute atomic E-state index is 0.139. The number of aromatic nitrogens is 1. The lowest BCUT2D eigenvalue weighted by molar-refractivity contribution is 0.572. The molecule has 5 nitrogen and oxygen atoms in total. The fourth-order valence-electron chi connectivity index (χ4n) is 3.57. The van der Waals surface area contributed by atoms with E-state index < -0.39 is 0 Å². The van der Waals surface area contributed by atoms with Crippen LogP contribution in [-0.2, 0) is 0 Å². The molecule has 0 saturated carbocycles. The Morgan fingerprint density at radius 3 is 2.62 bits per heavy atom. The lowest BCUT2D eigenvalue weighted by Crippen LogP contribution is -2.03. The Morgan fingerprint density at radius 1 is 1.14 bits per heavy atom. The summed E-state index contributed by atoms with van der Waals surface area (Å²) in [6.07, 6.45) is 1.88. The van der Waals surface area contributed by atoms with Crippen molar-refractivity contribution in [1.29, 1.82) is 10.5 Å². The molecule has 1 aliphatic rings. The van der Waals surface area contributed by atoms with E-state index in [0.29, 0.717) is 28.2 Å². The molecule has 0 atom stereocenters. The molecule has 0 bridgehead atoms. The van der Waals surface area contributed by atoms with E-state index in [9.17, 15) is 10.5 Å². The van der Waals surface area contributed by atoms with E-state index >= 15 is 0 Å². The number of hydrogen-bond donors (Lipinski definition) is 1. The number of nitriles is 2. The van der Waals surface area contributed by atoms with Crippen molar-refractivity contribution in [3.8, 4) is 23.5 Å². The maximum atomic E-state index is 9.65. The third-order valence-corrected chi connectivity index (χ3v) is 5.50. The average molecular weight is 443 g/mol. The van der Waals surface area contributed by atoms with Gasteiger partial charge in [0.15, 0.2) is 0 Å². The SMILES string of the molecule is CC1=C(C#N)c2nc(N)c(C#N)c(C)c2C1=Cc1ccc(-c2cccc(Br)c2)o1. The van der Waals surface area contributed by atoms with Crippen LogP contribution in [-0.4, -0.2) is 4.98 Å². The van der Waals surface area contributed by atoms with Gasteiger partial charge in [0.05, 0.1) is 16.8 Å². The molecule has 0 spiro atoms. The van der Waals surface area contributed by atoms with Crippen molar-refractivity contribution in [1.82, 2.24) is 4.98 Å². The Kier molecular flexibility index (Phi) is 4.58. The highest BCUT2D eigenvalue weighted by Gasteiger charge is 2.29. The minimum atomic E-state index is 0.139. The van der Waals surface area contributed by atoms with Gasteiger partial charge in [0.1, 0.15) is 29.5 Å². The average Bonchev–Trinajstić information content (AvgIpc) is 3.25. The summed E-state index contributed by atoms with van der Waals surface area (Å²) in [6.45, 7) is 3.69. The van der Waals surface area contributed by atoms with Crippen molar-refractivity contribution in [2.24, 2.45) is 0 Å². The summed E-state index contributed by atoms with van der Waals surface area (Å²) in [5.41, 5.74) is 11.3. The molecule has 0 fully saturated rings. The first-order valence-corrected chi connectivity index (χ1v) is 9.63. The molecule has 0 radical (unpaired) electrons. The van der Waals surface area contributed by atoms with Crippen molar-refractivity contribution in [3.63, 3.8) is 0 Å². The molecule has 1 aromatic carbocycles. The summed E-state index contributed by atoms with van der Waals surface area (Å²) in [6, 6.07) is 16.0. The highest BCUT2D eigenvalue weighted by molar-refractivity contribution is 9.10. The first kappa shape index (κ1) is 18.7. The van der Waals surface area contributed by atoms with Crippen LogP contribution in [0.2, 0.25) is 0 Å². The van der Waals surface area contributed by atoms with E-state index in [-0.39, 0.29) is 5.82 Å². The second-order valence-corrected chi connectivity index (χ2v) is 7.63. The Balaban J connectivity index is 1.87. The van der Waals surface area contributed by atoms with Gasteiger partial charge in [-0.3, -0.25) is 0 Å². The van der Waals surface area contributed by atoms with Crippen LogP contribution in [0.3, 0.4) is 0 Å². The fraction of sp³-hybridized carbons (Fsp3) is 0.0870. The van der Waals surface area contributed by atoms with Crippen molar-refractivity contribution < 1.29 is 4.42 Å². The summed E-state index contributed by atoms with van der Waals surface area (Å²) in [4.78, 5) is 4.34. The van der Waals surface area contributed by atoms with E-state index in [1.54, 1.807) is 0 Å². The number of anilines is 1. The number of nitrogens with zero attached hydrogens (tertiary/aromatic N) is 3. The van der Waals surface area contributed by atoms with Crippen LogP contribution in [0.5, 0.6) is 0 Å². The first-order chi connectivity index (χ1) is 13.9. The van der Waals surface area contributed by atoms with Crippen LogP contribution in [0.15, 0.2) is 50.9 Å². The smallest absolute Gasteiger partial charge is 0.142 e. The van der Waals surface area contributed by atoms with Gasteiger partial charge in [-0.15, -0.1) is 0 Å². The number of nitrogens with two attached hydrogens (primary N) is 1. The van der Waals surface area contributed by atoms with E-state index in [4.69, 9.17) is 10.2 Å². The number of pyridine rings is 1. The van der Waals surface area contributed by atoms with Gasteiger partial charge in [-0.25, -0.2) is 4.98 Å². The number of allylic oxidation sites excluding steroid dienone is 3. The number of nitrogen functional groups attached to an aromatic ring is 1. The lowest BCUT2D eigenvalue weighted by Gasteiger charge is -2.10. The second kappa shape index (κ2) is 7.09. The van der Waals surface area contributed by atoms with E-state index in [1.807, 2.05) is 56.3 Å². The zero-order chi connectivity index (χ0) is 20.7. The highest BCUT2D eigenvalue weighted by Crippen LogP contribution is 2.44. The van der Waals surface area contributed by atoms with Gasteiger partial charge in [-0.1, -0.05) is 28.1 Å². The molecule has 29 heavy (non-hydrogen) atoms. The molecule has 6 heteroatoms. The van der Waals surface area contributed by atoms with E-state index in [2.05, 4.69) is 33.1 Å². The maximum Gasteiger partial charge on any atom is 0.142 e. The van der Waals surface area contributed by atoms with Gasteiger partial charge >= 0.3 is 0 Å². The minimum Gasteiger partial charge on any atom is -0.457 e. The summed E-state index contributed by atoms with van der Waals surface area (Å²) >= 11 is 3.47. The molecule has 3 aromatic rings. The van der Waals surface area contributed by atoms with E-state index in [0.717, 1.165) is 32.5 Å². The quantitative estimate of drug-likeness (QED) is 0.546. The van der Waals surface area contributed by atoms with Gasteiger partial charge in [-0.2, -0.15) is 10.5 Å². The second-order valence-electron chi connectivity index (χ2n) is 6.71. The summed E-state index contributed by atoms with van der Waals surface area (Å²) in [5.74, 6) is 1.53. The molecular weight excluding hydrogens is 428 g/mol. The number of furan rings is 1. The molecule has 2 aromatic heterocycles.